The highest BCUT2D eigenvalue weighted by Crippen LogP contribution is 2.07. The molecule has 0 atom stereocenters. The number of nitrogens with one attached hydrogen (secondary N) is 2. The fourth-order valence-corrected chi connectivity index (χ4v) is 0.607. The van der Waals surface area contributed by atoms with E-state index >= 15 is 0 Å². The van der Waals surface area contributed by atoms with Crippen molar-refractivity contribution < 1.29 is 14.7 Å². The fourth-order valence-electron chi connectivity index (χ4n) is 0.607. The van der Waals surface area contributed by atoms with Crippen LogP contribution in [0.4, 0.5) is 0 Å². The van der Waals surface area contributed by atoms with E-state index in [0.29, 0.717) is 0 Å². The van der Waals surface area contributed by atoms with Crippen molar-refractivity contribution in [3.63, 3.8) is 0 Å². The Labute approximate surface area is 83.9 Å². The van der Waals surface area contributed by atoms with Crippen LogP contribution in [-0.4, -0.2) is 35.1 Å². The highest BCUT2D eigenvalue weighted by atomic mass is 16.4. The number of likely N-dealkylation sites (N-methyl/N-ethyl adjacent to an activating group) is 1. The Morgan fingerprint density at radius 1 is 1.07 bits per heavy atom. The molecule has 0 radical (unpaired) electrons. The molecule has 5 heteroatoms. The molecule has 0 aliphatic carbocycles. The monoisotopic (exact) mass is 202 g/mol. The molecular weight excluding hydrogens is 184 g/mol. The van der Waals surface area contributed by atoms with Crippen LogP contribution in [0.2, 0.25) is 0 Å². The predicted molar refractivity (Wildman–Crippen MR) is 53.0 cm³/mol. The van der Waals surface area contributed by atoms with Crippen molar-refractivity contribution in [3.8, 4) is 0 Å². The molecule has 0 saturated heterocycles. The zero-order chi connectivity index (χ0) is 11.6. The molecule has 0 aliphatic heterocycles. The van der Waals surface area contributed by atoms with Crippen LogP contribution in [0.5, 0.6) is 0 Å². The van der Waals surface area contributed by atoms with Crippen molar-refractivity contribution in [1.82, 2.24) is 10.6 Å². The van der Waals surface area contributed by atoms with Crippen molar-refractivity contribution >= 4 is 11.9 Å². The summed E-state index contributed by atoms with van der Waals surface area (Å²) >= 11 is 0. The van der Waals surface area contributed by atoms with E-state index in [-0.39, 0.29) is 5.91 Å². The molecule has 0 unspecified atom stereocenters. The van der Waals surface area contributed by atoms with Crippen LogP contribution in [0.1, 0.15) is 27.7 Å². The Morgan fingerprint density at radius 3 is 1.79 bits per heavy atom. The van der Waals surface area contributed by atoms with E-state index in [2.05, 4.69) is 10.6 Å². The van der Waals surface area contributed by atoms with Crippen LogP contribution in [0.25, 0.3) is 0 Å². The van der Waals surface area contributed by atoms with E-state index in [4.69, 9.17) is 5.11 Å². The van der Waals surface area contributed by atoms with Gasteiger partial charge >= 0.3 is 5.97 Å². The molecule has 1 amide bonds. The van der Waals surface area contributed by atoms with Gasteiger partial charge in [0.2, 0.25) is 5.91 Å². The Balaban J connectivity index is 4.56. The SMILES string of the molecule is CNC(C)(C)C(=O)NC(C)(C)C(=O)O. The highest BCUT2D eigenvalue weighted by Gasteiger charge is 2.34. The average Bonchev–Trinajstić information content (AvgIpc) is 2.03. The lowest BCUT2D eigenvalue weighted by atomic mass is 10.0. The van der Waals surface area contributed by atoms with E-state index in [1.165, 1.54) is 13.8 Å². The normalized spacial score (nSPS) is 12.4. The van der Waals surface area contributed by atoms with Gasteiger partial charge in [-0.25, -0.2) is 4.79 Å². The number of hydrogen-bond donors (Lipinski definition) is 3. The smallest absolute Gasteiger partial charge is 0.328 e. The first-order valence-corrected chi connectivity index (χ1v) is 4.38. The lowest BCUT2D eigenvalue weighted by molar-refractivity contribution is -0.146. The molecule has 0 aromatic carbocycles. The number of carbonyl (C=O) groups is 2. The maximum Gasteiger partial charge on any atom is 0.328 e. The van der Waals surface area contributed by atoms with Gasteiger partial charge in [-0.1, -0.05) is 0 Å². The topological polar surface area (TPSA) is 78.4 Å². The third-order valence-corrected chi connectivity index (χ3v) is 2.15. The molecule has 14 heavy (non-hydrogen) atoms. The fraction of sp³-hybridized carbons (Fsp3) is 0.778. The van der Waals surface area contributed by atoms with Gasteiger partial charge in [-0.05, 0) is 34.7 Å². The summed E-state index contributed by atoms with van der Waals surface area (Å²) in [6, 6.07) is 0. The predicted octanol–water partition coefficient (Wildman–Crippen LogP) is -0.0362. The molecule has 0 rings (SSSR count). The summed E-state index contributed by atoms with van der Waals surface area (Å²) in [5.41, 5.74) is -2.02. The Bertz CT molecular complexity index is 246. The van der Waals surface area contributed by atoms with Crippen molar-refractivity contribution in [3.05, 3.63) is 0 Å². The number of rotatable bonds is 4. The summed E-state index contributed by atoms with van der Waals surface area (Å²) in [7, 11) is 1.65. The summed E-state index contributed by atoms with van der Waals surface area (Å²) in [6.45, 7) is 6.25. The molecule has 0 heterocycles. The van der Waals surface area contributed by atoms with Crippen molar-refractivity contribution in [2.75, 3.05) is 7.05 Å². The minimum absolute atomic E-state index is 0.340. The third-order valence-electron chi connectivity index (χ3n) is 2.15. The minimum Gasteiger partial charge on any atom is -0.480 e. The lowest BCUT2D eigenvalue weighted by Gasteiger charge is -2.28. The number of carboxylic acid groups (broad SMARTS) is 1. The van der Waals surface area contributed by atoms with Crippen LogP contribution in [-0.2, 0) is 9.59 Å². The van der Waals surface area contributed by atoms with Crippen molar-refractivity contribution in [1.29, 1.82) is 0 Å². The number of carboxylic acids is 1. The van der Waals surface area contributed by atoms with E-state index in [0.717, 1.165) is 0 Å². The van der Waals surface area contributed by atoms with Crippen LogP contribution in [0, 0.1) is 0 Å². The maximum absolute atomic E-state index is 11.6. The Morgan fingerprint density at radius 2 is 1.50 bits per heavy atom. The third kappa shape index (κ3) is 2.99. The molecule has 0 saturated carbocycles. The molecule has 0 bridgehead atoms. The van der Waals surface area contributed by atoms with Crippen LogP contribution in [0.15, 0.2) is 0 Å². The van der Waals surface area contributed by atoms with Crippen LogP contribution < -0.4 is 10.6 Å². The molecule has 82 valence electrons. The molecule has 5 nitrogen and oxygen atoms in total. The lowest BCUT2D eigenvalue weighted by Crippen LogP contribution is -2.59. The molecule has 0 fully saturated rings. The number of carbonyl (C=O) groups excluding carboxylic acids is 1. The zero-order valence-corrected chi connectivity index (χ0v) is 9.26. The summed E-state index contributed by atoms with van der Waals surface area (Å²) < 4.78 is 0. The van der Waals surface area contributed by atoms with E-state index in [1.807, 2.05) is 0 Å². The van der Waals surface area contributed by atoms with E-state index < -0.39 is 17.0 Å². The van der Waals surface area contributed by atoms with Crippen LogP contribution >= 0.6 is 0 Å². The Kier molecular flexibility index (Phi) is 3.65. The molecule has 0 aliphatic rings. The van der Waals surface area contributed by atoms with Gasteiger partial charge in [-0.2, -0.15) is 0 Å². The minimum atomic E-state index is -1.24. The summed E-state index contributed by atoms with van der Waals surface area (Å²) in [5.74, 6) is -1.40. The van der Waals surface area contributed by atoms with Gasteiger partial charge in [-0.15, -0.1) is 0 Å². The second kappa shape index (κ2) is 3.96. The standard InChI is InChI=1S/C9H18N2O3/c1-8(2,10-5)6(12)11-9(3,4)7(13)14/h10H,1-5H3,(H,11,12)(H,13,14). The summed E-state index contributed by atoms with van der Waals surface area (Å²) in [5, 5.41) is 14.0. The van der Waals surface area contributed by atoms with E-state index in [1.54, 1.807) is 20.9 Å². The maximum atomic E-state index is 11.6. The largest absolute Gasteiger partial charge is 0.480 e. The van der Waals surface area contributed by atoms with E-state index in [9.17, 15) is 9.59 Å². The summed E-state index contributed by atoms with van der Waals surface area (Å²) in [6.07, 6.45) is 0. The second-order valence-corrected chi connectivity index (χ2v) is 4.26. The van der Waals surface area contributed by atoms with Gasteiger partial charge in [0.25, 0.3) is 0 Å². The summed E-state index contributed by atoms with van der Waals surface area (Å²) in [4.78, 5) is 22.3. The average molecular weight is 202 g/mol. The van der Waals surface area contributed by atoms with Crippen LogP contribution in [0.3, 0.4) is 0 Å². The first-order chi connectivity index (χ1) is 6.13. The number of amides is 1. The van der Waals surface area contributed by atoms with Gasteiger partial charge in [0.05, 0.1) is 5.54 Å². The van der Waals surface area contributed by atoms with Gasteiger partial charge < -0.3 is 15.7 Å². The molecular formula is C9H18N2O3. The molecule has 0 aromatic rings. The van der Waals surface area contributed by atoms with Crippen molar-refractivity contribution in [2.45, 2.75) is 38.8 Å². The number of aliphatic carboxylic acids is 1. The molecule has 3 N–H and O–H groups in total. The first-order valence-electron chi connectivity index (χ1n) is 4.38. The van der Waals surface area contributed by atoms with Gasteiger partial charge in [0.15, 0.2) is 0 Å². The van der Waals surface area contributed by atoms with Crippen molar-refractivity contribution in [2.24, 2.45) is 0 Å². The van der Waals surface area contributed by atoms with Gasteiger partial charge in [-0.3, -0.25) is 4.79 Å². The van der Waals surface area contributed by atoms with Gasteiger partial charge in [0.1, 0.15) is 5.54 Å². The number of hydrogen-bond acceptors (Lipinski definition) is 3. The first kappa shape index (κ1) is 12.9. The quantitative estimate of drug-likeness (QED) is 0.598. The second-order valence-electron chi connectivity index (χ2n) is 4.26. The molecule has 0 aromatic heterocycles. The zero-order valence-electron chi connectivity index (χ0n) is 9.26. The van der Waals surface area contributed by atoms with Gasteiger partial charge in [0, 0.05) is 0 Å². The molecule has 0 spiro atoms. The Hall–Kier alpha value is -1.10. The highest BCUT2D eigenvalue weighted by molar-refractivity contribution is 5.91.